The van der Waals surface area contributed by atoms with Crippen molar-refractivity contribution >= 4 is 16.8 Å². The highest BCUT2D eigenvalue weighted by molar-refractivity contribution is 5.90. The fourth-order valence-electron chi connectivity index (χ4n) is 4.70. The Balaban J connectivity index is 1.53. The van der Waals surface area contributed by atoms with Crippen LogP contribution in [0.3, 0.4) is 0 Å². The lowest BCUT2D eigenvalue weighted by Crippen LogP contribution is -2.36. The second kappa shape index (κ2) is 11.8. The van der Waals surface area contributed by atoms with Gasteiger partial charge >= 0.3 is 0 Å². The molecule has 1 aromatic heterocycles. The Morgan fingerprint density at radius 1 is 1.17 bits per heavy atom. The molecule has 0 aliphatic carbocycles. The molecule has 0 saturated carbocycles. The molecule has 1 fully saturated rings. The summed E-state index contributed by atoms with van der Waals surface area (Å²) in [5.74, 6) is 0.396. The Kier molecular flexibility index (Phi) is 8.48. The Morgan fingerprint density at radius 3 is 2.67 bits per heavy atom. The summed E-state index contributed by atoms with van der Waals surface area (Å²) in [6.07, 6.45) is 2.43. The van der Waals surface area contributed by atoms with Gasteiger partial charge in [0.05, 0.1) is 19.8 Å². The molecular weight excluding hydrogens is 461 g/mol. The Labute approximate surface area is 211 Å². The second-order valence-corrected chi connectivity index (χ2v) is 9.68. The number of nitrogens with one attached hydrogen (secondary N) is 1. The maximum absolute atomic E-state index is 14.1. The van der Waals surface area contributed by atoms with Crippen LogP contribution in [0.5, 0.6) is 11.5 Å². The molecule has 4 rings (SSSR count). The molecule has 2 N–H and O–H groups in total. The number of piperidine rings is 1. The van der Waals surface area contributed by atoms with E-state index in [2.05, 4.69) is 10.2 Å². The van der Waals surface area contributed by atoms with Crippen LogP contribution in [0, 0.1) is 5.82 Å². The normalized spacial score (nSPS) is 14.9. The number of rotatable bonds is 10. The molecule has 2 heterocycles. The van der Waals surface area contributed by atoms with Gasteiger partial charge in [0.2, 0.25) is 5.91 Å². The van der Waals surface area contributed by atoms with Crippen molar-refractivity contribution < 1.29 is 23.8 Å². The topological polar surface area (TPSA) is 76.0 Å². The third-order valence-corrected chi connectivity index (χ3v) is 6.52. The van der Waals surface area contributed by atoms with E-state index in [-0.39, 0.29) is 30.3 Å². The monoisotopic (exact) mass is 497 g/mol. The van der Waals surface area contributed by atoms with E-state index in [9.17, 15) is 14.3 Å². The summed E-state index contributed by atoms with van der Waals surface area (Å²) in [5, 5.41) is 13.5. The van der Waals surface area contributed by atoms with Crippen LogP contribution in [0.2, 0.25) is 0 Å². The van der Waals surface area contributed by atoms with Gasteiger partial charge in [-0.05, 0) is 75.6 Å². The van der Waals surface area contributed by atoms with Crippen LogP contribution in [-0.2, 0) is 11.3 Å². The molecule has 2 aromatic carbocycles. The van der Waals surface area contributed by atoms with Crippen LogP contribution >= 0.6 is 0 Å². The lowest BCUT2D eigenvalue weighted by molar-refractivity contribution is -0.122. The highest BCUT2D eigenvalue weighted by Crippen LogP contribution is 2.33. The van der Waals surface area contributed by atoms with E-state index in [4.69, 9.17) is 9.47 Å². The molecule has 0 bridgehead atoms. The lowest BCUT2D eigenvalue weighted by Gasteiger charge is -2.29. The van der Waals surface area contributed by atoms with Crippen LogP contribution in [0.1, 0.15) is 33.1 Å². The minimum Gasteiger partial charge on any atom is -0.494 e. The highest BCUT2D eigenvalue weighted by Gasteiger charge is 2.18. The van der Waals surface area contributed by atoms with Crippen LogP contribution < -0.4 is 14.8 Å². The van der Waals surface area contributed by atoms with Crippen molar-refractivity contribution in [3.8, 4) is 22.8 Å². The summed E-state index contributed by atoms with van der Waals surface area (Å²) in [5.41, 5.74) is 2.45. The summed E-state index contributed by atoms with van der Waals surface area (Å²) < 4.78 is 27.2. The smallest absolute Gasteiger partial charge is 0.240 e. The Bertz CT molecular complexity index is 1180. The van der Waals surface area contributed by atoms with Crippen molar-refractivity contribution in [1.82, 2.24) is 14.8 Å². The van der Waals surface area contributed by atoms with Gasteiger partial charge in [0, 0.05) is 47.8 Å². The molecule has 194 valence electrons. The number of aliphatic hydroxyl groups excluding tert-OH is 1. The Morgan fingerprint density at radius 2 is 1.94 bits per heavy atom. The summed E-state index contributed by atoms with van der Waals surface area (Å²) in [4.78, 5) is 15.0. The third-order valence-electron chi connectivity index (χ3n) is 6.52. The molecular formula is C28H36FN3O4. The minimum absolute atomic E-state index is 0.0312. The molecule has 0 spiro atoms. The SMILES string of the molecule is COc1cc(-c2cc3cc(OCCCN4CCC(O)CC4)ccc3n2CC(=O)NC(C)C)ccc1F. The van der Waals surface area contributed by atoms with Gasteiger partial charge in [-0.25, -0.2) is 4.39 Å². The highest BCUT2D eigenvalue weighted by atomic mass is 19.1. The standard InChI is InChI=1S/C28H36FN3O4/c1-19(2)30-28(34)18-32-25-8-6-23(36-14-4-11-31-12-9-22(33)10-13-31)15-21(25)16-26(32)20-5-7-24(29)27(17-20)35-3/h5-8,15-17,19,22,33H,4,9-14,18H2,1-3H3,(H,30,34). The molecule has 7 nitrogen and oxygen atoms in total. The molecule has 8 heteroatoms. The van der Waals surface area contributed by atoms with Crippen LogP contribution in [0.25, 0.3) is 22.2 Å². The number of aliphatic hydroxyl groups is 1. The van der Waals surface area contributed by atoms with E-state index in [1.807, 2.05) is 42.7 Å². The second-order valence-electron chi connectivity index (χ2n) is 9.68. The van der Waals surface area contributed by atoms with E-state index >= 15 is 0 Å². The predicted molar refractivity (Wildman–Crippen MR) is 139 cm³/mol. The molecule has 1 aliphatic heterocycles. The number of amides is 1. The fraction of sp³-hybridized carbons (Fsp3) is 0.464. The molecule has 1 amide bonds. The van der Waals surface area contributed by atoms with Crippen LogP contribution in [-0.4, -0.2) is 66.0 Å². The number of ether oxygens (including phenoxy) is 2. The first-order chi connectivity index (χ1) is 17.3. The first kappa shape index (κ1) is 26.0. The van der Waals surface area contributed by atoms with Gasteiger partial charge < -0.3 is 29.4 Å². The summed E-state index contributed by atoms with van der Waals surface area (Å²) in [7, 11) is 1.44. The average Bonchev–Trinajstić information content (AvgIpc) is 3.20. The largest absolute Gasteiger partial charge is 0.494 e. The first-order valence-electron chi connectivity index (χ1n) is 12.6. The van der Waals surface area contributed by atoms with E-state index in [1.165, 1.54) is 13.2 Å². The first-order valence-corrected chi connectivity index (χ1v) is 12.6. The molecule has 1 aliphatic rings. The number of hydrogen-bond acceptors (Lipinski definition) is 5. The molecule has 0 atom stereocenters. The van der Waals surface area contributed by atoms with Gasteiger partial charge in [-0.3, -0.25) is 4.79 Å². The number of aromatic nitrogens is 1. The number of methoxy groups -OCH3 is 1. The zero-order valence-electron chi connectivity index (χ0n) is 21.3. The van der Waals surface area contributed by atoms with Gasteiger partial charge in [-0.15, -0.1) is 0 Å². The van der Waals surface area contributed by atoms with E-state index in [1.54, 1.807) is 12.1 Å². The summed E-state index contributed by atoms with van der Waals surface area (Å²) in [6, 6.07) is 12.6. The summed E-state index contributed by atoms with van der Waals surface area (Å²) >= 11 is 0. The fourth-order valence-corrected chi connectivity index (χ4v) is 4.70. The van der Waals surface area contributed by atoms with Crippen molar-refractivity contribution in [2.24, 2.45) is 0 Å². The number of fused-ring (bicyclic) bond motifs is 1. The number of halogens is 1. The Hall–Kier alpha value is -3.10. The van der Waals surface area contributed by atoms with E-state index in [0.29, 0.717) is 6.61 Å². The quantitative estimate of drug-likeness (QED) is 0.411. The van der Waals surface area contributed by atoms with E-state index in [0.717, 1.165) is 66.8 Å². The number of benzene rings is 2. The molecule has 0 unspecified atom stereocenters. The van der Waals surface area contributed by atoms with Crippen molar-refractivity contribution in [3.05, 3.63) is 48.3 Å². The van der Waals surface area contributed by atoms with E-state index < -0.39 is 5.82 Å². The molecule has 0 radical (unpaired) electrons. The summed E-state index contributed by atoms with van der Waals surface area (Å²) in [6.45, 7) is 7.41. The van der Waals surface area contributed by atoms with Gasteiger partial charge in [0.15, 0.2) is 11.6 Å². The number of carbonyl (C=O) groups excluding carboxylic acids is 1. The van der Waals surface area contributed by atoms with Gasteiger partial charge in [-0.1, -0.05) is 0 Å². The van der Waals surface area contributed by atoms with Gasteiger partial charge in [-0.2, -0.15) is 0 Å². The van der Waals surface area contributed by atoms with Crippen molar-refractivity contribution in [3.63, 3.8) is 0 Å². The predicted octanol–water partition coefficient (Wildman–Crippen LogP) is 4.21. The van der Waals surface area contributed by atoms with Gasteiger partial charge in [0.25, 0.3) is 0 Å². The van der Waals surface area contributed by atoms with Crippen molar-refractivity contribution in [2.75, 3.05) is 33.4 Å². The minimum atomic E-state index is -0.433. The van der Waals surface area contributed by atoms with Crippen molar-refractivity contribution in [1.29, 1.82) is 0 Å². The molecule has 3 aromatic rings. The number of nitrogens with zero attached hydrogens (tertiary/aromatic N) is 2. The maximum Gasteiger partial charge on any atom is 0.240 e. The molecule has 36 heavy (non-hydrogen) atoms. The number of likely N-dealkylation sites (tertiary alicyclic amines) is 1. The zero-order valence-corrected chi connectivity index (χ0v) is 21.3. The van der Waals surface area contributed by atoms with Gasteiger partial charge in [0.1, 0.15) is 12.3 Å². The lowest BCUT2D eigenvalue weighted by atomic mass is 10.1. The average molecular weight is 498 g/mol. The number of hydrogen-bond donors (Lipinski definition) is 2. The zero-order chi connectivity index (χ0) is 25.7. The van der Waals surface area contributed by atoms with Crippen LogP contribution in [0.15, 0.2) is 42.5 Å². The number of carbonyl (C=O) groups is 1. The maximum atomic E-state index is 14.1. The molecule has 1 saturated heterocycles. The van der Waals surface area contributed by atoms with Crippen LogP contribution in [0.4, 0.5) is 4.39 Å². The third kappa shape index (κ3) is 6.36. The van der Waals surface area contributed by atoms with Crippen molar-refractivity contribution in [2.45, 2.75) is 51.8 Å².